The molecule has 0 saturated heterocycles. The van der Waals surface area contributed by atoms with Crippen LogP contribution in [-0.4, -0.2) is 9.97 Å². The van der Waals surface area contributed by atoms with Gasteiger partial charge >= 0.3 is 0 Å². The molecule has 0 aliphatic heterocycles. The van der Waals surface area contributed by atoms with Gasteiger partial charge in [0.2, 0.25) is 5.56 Å². The van der Waals surface area contributed by atoms with Crippen molar-refractivity contribution in [2.75, 3.05) is 0 Å². The molecule has 4 rings (SSSR count). The molecule has 0 radical (unpaired) electrons. The van der Waals surface area contributed by atoms with Crippen molar-refractivity contribution < 1.29 is 4.42 Å². The van der Waals surface area contributed by atoms with Gasteiger partial charge in [0.15, 0.2) is 12.0 Å². The molecule has 0 aliphatic rings. The maximum Gasteiger partial charge on any atom is 0.248 e. The molecule has 20 heavy (non-hydrogen) atoms. The summed E-state index contributed by atoms with van der Waals surface area (Å²) >= 11 is 0. The van der Waals surface area contributed by atoms with E-state index in [-0.39, 0.29) is 5.56 Å². The fraction of sp³-hybridized carbons (Fsp3) is 0. The largest absolute Gasteiger partial charge is 0.443 e. The fourth-order valence-corrected chi connectivity index (χ4v) is 1.90. The average Bonchev–Trinajstić information content (AvgIpc) is 2.96. The Balaban J connectivity index is 0.000000123. The van der Waals surface area contributed by atoms with Crippen LogP contribution in [0.15, 0.2) is 76.3 Å². The Kier molecular flexibility index (Phi) is 3.29. The van der Waals surface area contributed by atoms with Crippen LogP contribution >= 0.6 is 0 Å². The number of nitrogens with one attached hydrogen (secondary N) is 1. The highest BCUT2D eigenvalue weighted by Crippen LogP contribution is 2.09. The number of nitrogens with zero attached hydrogens (tertiary/aromatic N) is 1. The zero-order valence-corrected chi connectivity index (χ0v) is 10.6. The summed E-state index contributed by atoms with van der Waals surface area (Å²) in [6.07, 6.45) is 1.45. The molecule has 0 aliphatic carbocycles. The first-order chi connectivity index (χ1) is 9.83. The summed E-state index contributed by atoms with van der Waals surface area (Å²) in [4.78, 5) is 17.5. The normalized spacial score (nSPS) is 10.2. The number of aromatic nitrogens is 2. The number of fused-ring (bicyclic) bond motifs is 2. The minimum absolute atomic E-state index is 0.0521. The Bertz CT molecular complexity index is 863. The van der Waals surface area contributed by atoms with E-state index >= 15 is 0 Å². The molecule has 2 heterocycles. The summed E-state index contributed by atoms with van der Waals surface area (Å²) in [6.45, 7) is 0. The van der Waals surface area contributed by atoms with Crippen molar-refractivity contribution in [3.05, 3.63) is 77.4 Å². The van der Waals surface area contributed by atoms with Gasteiger partial charge in [0.25, 0.3) is 0 Å². The lowest BCUT2D eigenvalue weighted by molar-refractivity contribution is 0.602. The van der Waals surface area contributed by atoms with Crippen molar-refractivity contribution in [2.45, 2.75) is 0 Å². The van der Waals surface area contributed by atoms with Crippen LogP contribution in [0.5, 0.6) is 0 Å². The number of hydrogen-bond donors (Lipinski definition) is 1. The molecule has 0 bridgehead atoms. The quantitative estimate of drug-likeness (QED) is 0.530. The lowest BCUT2D eigenvalue weighted by Crippen LogP contribution is -2.01. The summed E-state index contributed by atoms with van der Waals surface area (Å²) in [5.74, 6) is 0. The molecule has 4 aromatic rings. The third-order valence-electron chi connectivity index (χ3n) is 2.87. The minimum Gasteiger partial charge on any atom is -0.443 e. The van der Waals surface area contributed by atoms with E-state index in [4.69, 9.17) is 4.42 Å². The lowest BCUT2D eigenvalue weighted by atomic mass is 10.2. The van der Waals surface area contributed by atoms with Crippen LogP contribution < -0.4 is 5.56 Å². The van der Waals surface area contributed by atoms with Gasteiger partial charge in [0.1, 0.15) is 5.52 Å². The van der Waals surface area contributed by atoms with E-state index < -0.39 is 0 Å². The predicted molar refractivity (Wildman–Crippen MR) is 78.6 cm³/mol. The molecule has 0 unspecified atom stereocenters. The Morgan fingerprint density at radius 3 is 2.60 bits per heavy atom. The number of pyridine rings is 1. The highest BCUT2D eigenvalue weighted by molar-refractivity contribution is 5.77. The maximum atomic E-state index is 10.8. The van der Waals surface area contributed by atoms with Gasteiger partial charge in [-0.25, -0.2) is 4.98 Å². The first kappa shape index (κ1) is 12.2. The smallest absolute Gasteiger partial charge is 0.248 e. The Hall–Kier alpha value is -2.88. The number of rotatable bonds is 0. The topological polar surface area (TPSA) is 58.9 Å². The van der Waals surface area contributed by atoms with Crippen molar-refractivity contribution in [1.29, 1.82) is 0 Å². The van der Waals surface area contributed by atoms with Gasteiger partial charge in [-0.2, -0.15) is 0 Å². The van der Waals surface area contributed by atoms with E-state index in [2.05, 4.69) is 9.97 Å². The Labute approximate surface area is 114 Å². The molecule has 0 saturated carbocycles. The van der Waals surface area contributed by atoms with Crippen LogP contribution in [0.4, 0.5) is 0 Å². The van der Waals surface area contributed by atoms with Crippen molar-refractivity contribution in [3.8, 4) is 0 Å². The van der Waals surface area contributed by atoms with Crippen LogP contribution in [0.25, 0.3) is 22.0 Å². The molecule has 0 atom stereocenters. The third-order valence-corrected chi connectivity index (χ3v) is 2.87. The van der Waals surface area contributed by atoms with E-state index in [1.54, 1.807) is 0 Å². The van der Waals surface area contributed by atoms with Gasteiger partial charge < -0.3 is 9.40 Å². The summed E-state index contributed by atoms with van der Waals surface area (Å²) in [7, 11) is 0. The standard InChI is InChI=1S/C9H7NO.C7H5NO/c11-9-6-5-7-3-1-2-4-8(7)10-9;1-2-4-7-6(3-1)8-5-9-7/h1-6H,(H,10,11);1-5H. The Morgan fingerprint density at radius 1 is 0.900 bits per heavy atom. The van der Waals surface area contributed by atoms with E-state index in [1.165, 1.54) is 12.5 Å². The van der Waals surface area contributed by atoms with Crippen LogP contribution in [0.2, 0.25) is 0 Å². The summed E-state index contributed by atoms with van der Waals surface area (Å²) in [5, 5.41) is 1.06. The van der Waals surface area contributed by atoms with E-state index in [0.29, 0.717) is 0 Å². The van der Waals surface area contributed by atoms with Crippen LogP contribution in [0.1, 0.15) is 0 Å². The monoisotopic (exact) mass is 264 g/mol. The number of para-hydroxylation sites is 3. The summed E-state index contributed by atoms with van der Waals surface area (Å²) in [6, 6.07) is 18.7. The lowest BCUT2D eigenvalue weighted by Gasteiger charge is -1.93. The Morgan fingerprint density at radius 2 is 1.70 bits per heavy atom. The second-order valence-electron chi connectivity index (χ2n) is 4.23. The summed E-state index contributed by atoms with van der Waals surface area (Å²) in [5.41, 5.74) is 2.60. The first-order valence-electron chi connectivity index (χ1n) is 6.19. The van der Waals surface area contributed by atoms with Gasteiger partial charge in [-0.1, -0.05) is 30.3 Å². The SMILES string of the molecule is O=c1ccc2ccccc2[nH]1.c1ccc2ocnc2c1. The molecule has 0 spiro atoms. The average molecular weight is 264 g/mol. The van der Waals surface area contributed by atoms with Crippen molar-refractivity contribution in [2.24, 2.45) is 0 Å². The molecular formula is C16H12N2O2. The molecule has 4 heteroatoms. The molecule has 0 amide bonds. The van der Waals surface area contributed by atoms with E-state index in [9.17, 15) is 4.79 Å². The second-order valence-corrected chi connectivity index (χ2v) is 4.23. The van der Waals surface area contributed by atoms with Crippen LogP contribution in [-0.2, 0) is 0 Å². The van der Waals surface area contributed by atoms with Gasteiger partial charge in [-0.05, 0) is 29.7 Å². The zero-order chi connectivity index (χ0) is 13.8. The number of benzene rings is 2. The third kappa shape index (κ3) is 2.59. The second kappa shape index (κ2) is 5.40. The fourth-order valence-electron chi connectivity index (χ4n) is 1.90. The van der Waals surface area contributed by atoms with Crippen LogP contribution in [0.3, 0.4) is 0 Å². The van der Waals surface area contributed by atoms with Gasteiger partial charge in [0, 0.05) is 11.6 Å². The molecule has 1 N–H and O–H groups in total. The predicted octanol–water partition coefficient (Wildman–Crippen LogP) is 3.36. The molecule has 4 nitrogen and oxygen atoms in total. The van der Waals surface area contributed by atoms with E-state index in [1.807, 2.05) is 54.6 Å². The molecule has 2 aromatic heterocycles. The highest BCUT2D eigenvalue weighted by atomic mass is 16.3. The van der Waals surface area contributed by atoms with Crippen LogP contribution in [0, 0.1) is 0 Å². The molecular weight excluding hydrogens is 252 g/mol. The van der Waals surface area contributed by atoms with Crippen molar-refractivity contribution in [3.63, 3.8) is 0 Å². The number of H-pyrrole nitrogens is 1. The zero-order valence-electron chi connectivity index (χ0n) is 10.6. The van der Waals surface area contributed by atoms with Gasteiger partial charge in [-0.15, -0.1) is 0 Å². The summed E-state index contributed by atoms with van der Waals surface area (Å²) < 4.78 is 5.01. The highest BCUT2D eigenvalue weighted by Gasteiger charge is 1.91. The molecule has 2 aromatic carbocycles. The van der Waals surface area contributed by atoms with Gasteiger partial charge in [-0.3, -0.25) is 4.79 Å². The molecule has 98 valence electrons. The number of oxazole rings is 1. The van der Waals surface area contributed by atoms with Gasteiger partial charge in [0.05, 0.1) is 0 Å². The van der Waals surface area contributed by atoms with Crippen molar-refractivity contribution >= 4 is 22.0 Å². The first-order valence-corrected chi connectivity index (χ1v) is 6.19. The number of hydrogen-bond acceptors (Lipinski definition) is 3. The maximum absolute atomic E-state index is 10.8. The molecule has 0 fully saturated rings. The number of aromatic amines is 1. The minimum atomic E-state index is -0.0521. The van der Waals surface area contributed by atoms with Crippen molar-refractivity contribution in [1.82, 2.24) is 9.97 Å². The van der Waals surface area contributed by atoms with E-state index in [0.717, 1.165) is 22.0 Å².